The van der Waals surface area contributed by atoms with E-state index in [4.69, 9.17) is 16.0 Å². The number of halogens is 1. The Balaban J connectivity index is 2.11. The summed E-state index contributed by atoms with van der Waals surface area (Å²) in [4.78, 5) is 11.1. The van der Waals surface area contributed by atoms with Crippen molar-refractivity contribution in [2.24, 2.45) is 0 Å². The van der Waals surface area contributed by atoms with E-state index in [1.807, 2.05) is 12.1 Å². The van der Waals surface area contributed by atoms with Crippen molar-refractivity contribution in [1.29, 1.82) is 0 Å². The molecule has 6 heteroatoms. The summed E-state index contributed by atoms with van der Waals surface area (Å²) < 4.78 is 9.60. The average molecular weight is 253 g/mol. The Morgan fingerprint density at radius 2 is 2.06 bits per heavy atom. The van der Waals surface area contributed by atoms with Crippen molar-refractivity contribution in [2.75, 3.05) is 7.11 Å². The summed E-state index contributed by atoms with van der Waals surface area (Å²) in [5.74, 6) is -0.427. The van der Waals surface area contributed by atoms with E-state index in [-0.39, 0.29) is 5.89 Å². The van der Waals surface area contributed by atoms with Gasteiger partial charge in [-0.05, 0) is 17.7 Å². The lowest BCUT2D eigenvalue weighted by atomic mass is 10.1. The lowest BCUT2D eigenvalue weighted by molar-refractivity contribution is 0.0554. The highest BCUT2D eigenvalue weighted by atomic mass is 35.5. The molecule has 1 aromatic carbocycles. The third-order valence-corrected chi connectivity index (χ3v) is 2.35. The van der Waals surface area contributed by atoms with Crippen LogP contribution in [0.1, 0.15) is 22.1 Å². The zero-order valence-electron chi connectivity index (χ0n) is 9.01. The van der Waals surface area contributed by atoms with Crippen LogP contribution in [0.4, 0.5) is 0 Å². The second kappa shape index (κ2) is 4.97. The molecule has 5 nitrogen and oxygen atoms in total. The number of carbonyl (C=O) groups excluding carboxylic acids is 1. The van der Waals surface area contributed by atoms with Gasteiger partial charge in [0.2, 0.25) is 5.89 Å². The first-order valence-electron chi connectivity index (χ1n) is 4.84. The number of hydrogen-bond donors (Lipinski definition) is 0. The first-order chi connectivity index (χ1) is 8.19. The van der Waals surface area contributed by atoms with E-state index in [0.29, 0.717) is 17.3 Å². The fourth-order valence-electron chi connectivity index (χ4n) is 1.27. The van der Waals surface area contributed by atoms with Crippen LogP contribution in [-0.4, -0.2) is 23.3 Å². The molecule has 0 bridgehead atoms. The van der Waals surface area contributed by atoms with Gasteiger partial charge in [-0.1, -0.05) is 23.7 Å². The van der Waals surface area contributed by atoms with E-state index >= 15 is 0 Å². The summed E-state index contributed by atoms with van der Waals surface area (Å²) in [6.07, 6.45) is 0.446. The van der Waals surface area contributed by atoms with E-state index in [0.717, 1.165) is 5.56 Å². The molecular weight excluding hydrogens is 244 g/mol. The second-order valence-corrected chi connectivity index (χ2v) is 3.73. The first kappa shape index (κ1) is 11.6. The molecular formula is C11H9ClN2O3. The topological polar surface area (TPSA) is 65.2 Å². The van der Waals surface area contributed by atoms with Crippen molar-refractivity contribution < 1.29 is 13.9 Å². The minimum absolute atomic E-state index is 0.142. The van der Waals surface area contributed by atoms with E-state index in [1.165, 1.54) is 7.11 Å². The molecule has 0 fully saturated rings. The summed E-state index contributed by atoms with van der Waals surface area (Å²) in [6.45, 7) is 0. The van der Waals surface area contributed by atoms with Gasteiger partial charge in [-0.2, -0.15) is 0 Å². The minimum atomic E-state index is -0.639. The average Bonchev–Trinajstić information content (AvgIpc) is 2.80. The van der Waals surface area contributed by atoms with Crippen molar-refractivity contribution in [3.05, 3.63) is 46.6 Å². The van der Waals surface area contributed by atoms with Gasteiger partial charge < -0.3 is 9.15 Å². The van der Waals surface area contributed by atoms with E-state index in [9.17, 15) is 4.79 Å². The normalized spacial score (nSPS) is 10.2. The zero-order valence-corrected chi connectivity index (χ0v) is 9.77. The van der Waals surface area contributed by atoms with Gasteiger partial charge in [0.15, 0.2) is 0 Å². The molecule has 2 aromatic rings. The third kappa shape index (κ3) is 2.82. The summed E-state index contributed by atoms with van der Waals surface area (Å²) in [6, 6.07) is 7.25. The molecule has 0 saturated carbocycles. The maximum atomic E-state index is 11.1. The van der Waals surface area contributed by atoms with Gasteiger partial charge in [-0.25, -0.2) is 4.79 Å². The Kier molecular flexibility index (Phi) is 3.39. The molecule has 0 N–H and O–H groups in total. The predicted molar refractivity (Wildman–Crippen MR) is 59.9 cm³/mol. The molecule has 17 heavy (non-hydrogen) atoms. The van der Waals surface area contributed by atoms with Gasteiger partial charge in [-0.3, -0.25) is 0 Å². The van der Waals surface area contributed by atoms with Crippen LogP contribution >= 0.6 is 11.6 Å². The number of carbonyl (C=O) groups is 1. The van der Waals surface area contributed by atoms with Crippen molar-refractivity contribution >= 4 is 17.6 Å². The van der Waals surface area contributed by atoms with Crippen molar-refractivity contribution in [1.82, 2.24) is 10.2 Å². The van der Waals surface area contributed by atoms with Gasteiger partial charge in [0.05, 0.1) is 13.5 Å². The minimum Gasteiger partial charge on any atom is -0.462 e. The largest absolute Gasteiger partial charge is 0.462 e. The molecule has 0 aliphatic rings. The van der Waals surface area contributed by atoms with Gasteiger partial charge in [-0.15, -0.1) is 10.2 Å². The third-order valence-electron chi connectivity index (χ3n) is 2.10. The highest BCUT2D eigenvalue weighted by Gasteiger charge is 2.14. The van der Waals surface area contributed by atoms with Crippen LogP contribution in [0.5, 0.6) is 0 Å². The molecule has 1 heterocycles. The molecule has 0 aliphatic heterocycles. The molecule has 0 aliphatic carbocycles. The maximum Gasteiger partial charge on any atom is 0.396 e. The van der Waals surface area contributed by atoms with Crippen LogP contribution in [0.2, 0.25) is 5.02 Å². The van der Waals surface area contributed by atoms with E-state index in [2.05, 4.69) is 14.9 Å². The van der Waals surface area contributed by atoms with Gasteiger partial charge in [0.1, 0.15) is 0 Å². The van der Waals surface area contributed by atoms with Gasteiger partial charge in [0.25, 0.3) is 0 Å². The summed E-state index contributed by atoms with van der Waals surface area (Å²) >= 11 is 5.77. The van der Waals surface area contributed by atoms with Gasteiger partial charge in [0, 0.05) is 5.02 Å². The molecule has 1 aromatic heterocycles. The quantitative estimate of drug-likeness (QED) is 0.783. The standard InChI is InChI=1S/C11H9ClN2O3/c1-16-11(15)10-14-13-9(17-10)6-7-2-4-8(12)5-3-7/h2-5H,6H2,1H3. The number of rotatable bonds is 3. The number of aromatic nitrogens is 2. The van der Waals surface area contributed by atoms with Crippen LogP contribution < -0.4 is 0 Å². The number of hydrogen-bond acceptors (Lipinski definition) is 5. The summed E-state index contributed by atoms with van der Waals surface area (Å²) in [7, 11) is 1.26. The molecule has 0 saturated heterocycles. The summed E-state index contributed by atoms with van der Waals surface area (Å²) in [5.41, 5.74) is 0.967. The predicted octanol–water partition coefficient (Wildman–Crippen LogP) is 2.10. The molecule has 0 unspecified atom stereocenters. The molecule has 88 valence electrons. The Bertz CT molecular complexity index is 522. The second-order valence-electron chi connectivity index (χ2n) is 3.30. The highest BCUT2D eigenvalue weighted by Crippen LogP contribution is 2.13. The fourth-order valence-corrected chi connectivity index (χ4v) is 1.40. The molecule has 0 spiro atoms. The smallest absolute Gasteiger partial charge is 0.396 e. The van der Waals surface area contributed by atoms with Crippen molar-refractivity contribution in [3.8, 4) is 0 Å². The van der Waals surface area contributed by atoms with Crippen LogP contribution in [0.25, 0.3) is 0 Å². The monoisotopic (exact) mass is 252 g/mol. The number of benzene rings is 1. The van der Waals surface area contributed by atoms with Crippen molar-refractivity contribution in [2.45, 2.75) is 6.42 Å². The number of nitrogens with zero attached hydrogens (tertiary/aromatic N) is 2. The number of esters is 1. The Morgan fingerprint density at radius 1 is 1.35 bits per heavy atom. The Labute approximate surface area is 102 Å². The van der Waals surface area contributed by atoms with Crippen LogP contribution in [-0.2, 0) is 11.2 Å². The maximum absolute atomic E-state index is 11.1. The SMILES string of the molecule is COC(=O)c1nnc(Cc2ccc(Cl)cc2)o1. The summed E-state index contributed by atoms with van der Waals surface area (Å²) in [5, 5.41) is 8.00. The Morgan fingerprint density at radius 3 is 2.71 bits per heavy atom. The number of methoxy groups -OCH3 is 1. The first-order valence-corrected chi connectivity index (χ1v) is 5.22. The van der Waals surface area contributed by atoms with Crippen molar-refractivity contribution in [3.63, 3.8) is 0 Å². The fraction of sp³-hybridized carbons (Fsp3) is 0.182. The lowest BCUT2D eigenvalue weighted by Crippen LogP contribution is -2.00. The molecule has 2 rings (SSSR count). The molecule has 0 atom stereocenters. The lowest BCUT2D eigenvalue weighted by Gasteiger charge is -1.96. The van der Waals surface area contributed by atoms with E-state index < -0.39 is 5.97 Å². The van der Waals surface area contributed by atoms with Crippen LogP contribution in [0.15, 0.2) is 28.7 Å². The Hall–Kier alpha value is -1.88. The molecule has 0 amide bonds. The van der Waals surface area contributed by atoms with Crippen LogP contribution in [0, 0.1) is 0 Å². The number of ether oxygens (including phenoxy) is 1. The zero-order chi connectivity index (χ0) is 12.3. The van der Waals surface area contributed by atoms with Gasteiger partial charge >= 0.3 is 11.9 Å². The molecule has 0 radical (unpaired) electrons. The van der Waals surface area contributed by atoms with Crippen LogP contribution in [0.3, 0.4) is 0 Å². The van der Waals surface area contributed by atoms with E-state index in [1.54, 1.807) is 12.1 Å². The highest BCUT2D eigenvalue weighted by molar-refractivity contribution is 6.30.